The Kier molecular flexibility index (Phi) is 51.7. The number of allylic oxidation sites excluding steroid dienone is 4. The van der Waals surface area contributed by atoms with Crippen LogP contribution in [0.1, 0.15) is 310 Å². The molecule has 0 bridgehead atoms. The molecule has 0 fully saturated rings. The molecule has 1 atom stereocenters. The summed E-state index contributed by atoms with van der Waals surface area (Å²) in [6, 6.07) is 0. The Labute approximate surface area is 398 Å². The van der Waals surface area contributed by atoms with Crippen LogP contribution in [-0.2, 0) is 28.6 Å². The Morgan fingerprint density at radius 2 is 0.516 bits per heavy atom. The Balaban J connectivity index is 4.34. The van der Waals surface area contributed by atoms with Crippen LogP contribution in [0.4, 0.5) is 0 Å². The van der Waals surface area contributed by atoms with Crippen molar-refractivity contribution in [2.24, 2.45) is 0 Å². The first-order valence-electron chi connectivity index (χ1n) is 28.3. The van der Waals surface area contributed by atoms with Crippen molar-refractivity contribution in [3.8, 4) is 0 Å². The lowest BCUT2D eigenvalue weighted by Gasteiger charge is -2.18. The first kappa shape index (κ1) is 61.9. The molecule has 0 saturated carbocycles. The van der Waals surface area contributed by atoms with Gasteiger partial charge in [-0.25, -0.2) is 0 Å². The SMILES string of the molecule is CCCCCC/C=C\CCCCCCCC(=O)OCC(COC(=O)CCCCCCCCCCCCCCCCCCC)OC(=O)CCCCCCC/C=C\CCCCCCCCC. The molecule has 0 N–H and O–H groups in total. The maximum atomic E-state index is 12.8. The van der Waals surface area contributed by atoms with Crippen molar-refractivity contribution in [3.05, 3.63) is 24.3 Å². The normalized spacial score (nSPS) is 12.1. The van der Waals surface area contributed by atoms with Gasteiger partial charge in [-0.2, -0.15) is 0 Å². The fourth-order valence-electron chi connectivity index (χ4n) is 8.37. The van der Waals surface area contributed by atoms with E-state index in [1.54, 1.807) is 0 Å². The Morgan fingerprint density at radius 1 is 0.297 bits per heavy atom. The first-order chi connectivity index (χ1) is 31.5. The summed E-state index contributed by atoms with van der Waals surface area (Å²) in [5.74, 6) is -0.872. The number of carbonyl (C=O) groups is 3. The molecule has 0 heterocycles. The van der Waals surface area contributed by atoms with Crippen molar-refractivity contribution in [2.75, 3.05) is 13.2 Å². The van der Waals surface area contributed by atoms with Gasteiger partial charge >= 0.3 is 17.9 Å². The third kappa shape index (κ3) is 50.9. The number of unbranched alkanes of at least 4 members (excludes halogenated alkanes) is 37. The second kappa shape index (κ2) is 53.5. The van der Waals surface area contributed by atoms with Crippen molar-refractivity contribution in [1.82, 2.24) is 0 Å². The average molecular weight is 901 g/mol. The molecule has 0 aromatic heterocycles. The van der Waals surface area contributed by atoms with Gasteiger partial charge in [-0.1, -0.05) is 244 Å². The van der Waals surface area contributed by atoms with Gasteiger partial charge in [0.1, 0.15) is 13.2 Å². The zero-order valence-electron chi connectivity index (χ0n) is 43.1. The van der Waals surface area contributed by atoms with Crippen LogP contribution in [0.15, 0.2) is 24.3 Å². The second-order valence-corrected chi connectivity index (χ2v) is 19.2. The van der Waals surface area contributed by atoms with Crippen molar-refractivity contribution in [3.63, 3.8) is 0 Å². The minimum Gasteiger partial charge on any atom is -0.462 e. The Bertz CT molecular complexity index is 1040. The number of esters is 3. The van der Waals surface area contributed by atoms with Crippen molar-refractivity contribution in [1.29, 1.82) is 0 Å². The van der Waals surface area contributed by atoms with Crippen LogP contribution >= 0.6 is 0 Å². The maximum Gasteiger partial charge on any atom is 0.306 e. The van der Waals surface area contributed by atoms with Gasteiger partial charge in [-0.15, -0.1) is 0 Å². The third-order valence-electron chi connectivity index (χ3n) is 12.7. The average Bonchev–Trinajstić information content (AvgIpc) is 3.29. The molecule has 0 aliphatic heterocycles. The van der Waals surface area contributed by atoms with E-state index in [4.69, 9.17) is 14.2 Å². The van der Waals surface area contributed by atoms with Crippen LogP contribution in [0.2, 0.25) is 0 Å². The van der Waals surface area contributed by atoms with Crippen LogP contribution in [-0.4, -0.2) is 37.2 Å². The summed E-state index contributed by atoms with van der Waals surface area (Å²) >= 11 is 0. The first-order valence-corrected chi connectivity index (χ1v) is 28.3. The molecule has 376 valence electrons. The lowest BCUT2D eigenvalue weighted by molar-refractivity contribution is -0.167. The predicted molar refractivity (Wildman–Crippen MR) is 275 cm³/mol. The van der Waals surface area contributed by atoms with Crippen molar-refractivity contribution < 1.29 is 28.6 Å². The van der Waals surface area contributed by atoms with Crippen molar-refractivity contribution in [2.45, 2.75) is 316 Å². The van der Waals surface area contributed by atoms with Crippen molar-refractivity contribution >= 4 is 17.9 Å². The number of hydrogen-bond acceptors (Lipinski definition) is 6. The predicted octanol–water partition coefficient (Wildman–Crippen LogP) is 18.7. The summed E-state index contributed by atoms with van der Waals surface area (Å²) in [7, 11) is 0. The van der Waals surface area contributed by atoms with Gasteiger partial charge < -0.3 is 14.2 Å². The highest BCUT2D eigenvalue weighted by atomic mass is 16.6. The van der Waals surface area contributed by atoms with E-state index in [1.807, 2.05) is 0 Å². The highest BCUT2D eigenvalue weighted by Crippen LogP contribution is 2.16. The van der Waals surface area contributed by atoms with Crippen LogP contribution in [0.5, 0.6) is 0 Å². The molecule has 6 nitrogen and oxygen atoms in total. The van der Waals surface area contributed by atoms with Crippen LogP contribution in [0.25, 0.3) is 0 Å². The molecule has 0 spiro atoms. The minimum absolute atomic E-state index is 0.0729. The van der Waals surface area contributed by atoms with E-state index in [-0.39, 0.29) is 31.1 Å². The summed E-state index contributed by atoms with van der Waals surface area (Å²) in [4.78, 5) is 38.1. The summed E-state index contributed by atoms with van der Waals surface area (Å²) < 4.78 is 16.8. The van der Waals surface area contributed by atoms with Gasteiger partial charge in [0.2, 0.25) is 0 Å². The molecular formula is C58H108O6. The second-order valence-electron chi connectivity index (χ2n) is 19.2. The van der Waals surface area contributed by atoms with E-state index < -0.39 is 6.10 Å². The van der Waals surface area contributed by atoms with E-state index in [2.05, 4.69) is 45.1 Å². The molecule has 0 aromatic rings. The summed E-state index contributed by atoms with van der Waals surface area (Å²) in [5.41, 5.74) is 0. The zero-order valence-corrected chi connectivity index (χ0v) is 43.1. The van der Waals surface area contributed by atoms with E-state index in [1.165, 1.54) is 199 Å². The zero-order chi connectivity index (χ0) is 46.5. The molecule has 1 unspecified atom stereocenters. The molecule has 0 aromatic carbocycles. The Morgan fingerprint density at radius 3 is 0.797 bits per heavy atom. The largest absolute Gasteiger partial charge is 0.462 e. The quantitative estimate of drug-likeness (QED) is 0.0262. The molecular weight excluding hydrogens is 793 g/mol. The number of hydrogen-bond donors (Lipinski definition) is 0. The lowest BCUT2D eigenvalue weighted by Crippen LogP contribution is -2.30. The fraction of sp³-hybridized carbons (Fsp3) is 0.879. The molecule has 0 rings (SSSR count). The fourth-order valence-corrected chi connectivity index (χ4v) is 8.37. The number of carbonyl (C=O) groups excluding carboxylic acids is 3. The van der Waals surface area contributed by atoms with E-state index in [0.29, 0.717) is 19.3 Å². The molecule has 64 heavy (non-hydrogen) atoms. The van der Waals surface area contributed by atoms with Gasteiger partial charge in [-0.05, 0) is 70.6 Å². The highest BCUT2D eigenvalue weighted by Gasteiger charge is 2.19. The smallest absolute Gasteiger partial charge is 0.306 e. The van der Waals surface area contributed by atoms with E-state index in [0.717, 1.165) is 70.6 Å². The summed E-state index contributed by atoms with van der Waals surface area (Å²) in [6.45, 7) is 6.65. The van der Waals surface area contributed by atoms with Gasteiger partial charge in [0.05, 0.1) is 0 Å². The van der Waals surface area contributed by atoms with Crippen LogP contribution in [0, 0.1) is 0 Å². The molecule has 0 aliphatic rings. The van der Waals surface area contributed by atoms with Crippen LogP contribution < -0.4 is 0 Å². The number of ether oxygens (including phenoxy) is 3. The number of rotatable bonds is 52. The minimum atomic E-state index is -0.775. The van der Waals surface area contributed by atoms with Gasteiger partial charge in [0.25, 0.3) is 0 Å². The van der Waals surface area contributed by atoms with Gasteiger partial charge in [0, 0.05) is 19.3 Å². The molecule has 0 amide bonds. The van der Waals surface area contributed by atoms with E-state index in [9.17, 15) is 14.4 Å². The topological polar surface area (TPSA) is 78.9 Å². The molecule has 0 radical (unpaired) electrons. The summed E-state index contributed by atoms with van der Waals surface area (Å²) in [6.07, 6.45) is 61.6. The van der Waals surface area contributed by atoms with Gasteiger partial charge in [0.15, 0.2) is 6.10 Å². The van der Waals surface area contributed by atoms with E-state index >= 15 is 0 Å². The summed E-state index contributed by atoms with van der Waals surface area (Å²) in [5, 5.41) is 0. The molecule has 6 heteroatoms. The monoisotopic (exact) mass is 901 g/mol. The van der Waals surface area contributed by atoms with Crippen LogP contribution in [0.3, 0.4) is 0 Å². The standard InChI is InChI=1S/C58H108O6/c1-4-7-10-13-16-19-22-25-27-29-31-33-36-39-42-45-48-51-57(60)63-54-55(53-62-56(59)50-47-44-41-38-35-32-24-21-18-15-12-9-6-3)64-58(61)52-49-46-43-40-37-34-30-28-26-23-20-17-14-11-8-5-2/h21,24,28,30,55H,4-20,22-23,25-27,29,31-54H2,1-3H3/b24-21-,30-28-. The van der Waals surface area contributed by atoms with Gasteiger partial charge in [-0.3, -0.25) is 14.4 Å². The molecule has 0 saturated heterocycles. The maximum absolute atomic E-state index is 12.8. The molecule has 0 aliphatic carbocycles. The lowest BCUT2D eigenvalue weighted by atomic mass is 10.0. The Hall–Kier alpha value is -2.11. The third-order valence-corrected chi connectivity index (χ3v) is 12.7. The highest BCUT2D eigenvalue weighted by molar-refractivity contribution is 5.71.